The first kappa shape index (κ1) is 9.20. The Morgan fingerprint density at radius 1 is 1.36 bits per heavy atom. The van der Waals surface area contributed by atoms with Crippen LogP contribution >= 0.6 is 11.3 Å². The molecule has 2 aromatic heterocycles. The van der Waals surface area contributed by atoms with Gasteiger partial charge in [-0.3, -0.25) is 0 Å². The monoisotopic (exact) mass is 220 g/mol. The molecule has 0 radical (unpaired) electrons. The second-order valence-electron chi connectivity index (χ2n) is 2.40. The Hall–Kier alpha value is -1.37. The number of aromatic nitrogens is 2. The molecular formula is C7H3F3N2OS. The highest BCUT2D eigenvalue weighted by Crippen LogP contribution is 2.30. The van der Waals surface area contributed by atoms with Gasteiger partial charge < -0.3 is 4.52 Å². The Kier molecular flexibility index (Phi) is 2.03. The van der Waals surface area contributed by atoms with E-state index in [0.717, 1.165) is 0 Å². The zero-order valence-electron chi connectivity index (χ0n) is 6.58. The number of hydrogen-bond acceptors (Lipinski definition) is 4. The number of rotatable bonds is 1. The molecule has 0 unspecified atom stereocenters. The van der Waals surface area contributed by atoms with Crippen LogP contribution in [0.5, 0.6) is 0 Å². The van der Waals surface area contributed by atoms with Crippen LogP contribution in [-0.2, 0) is 6.18 Å². The van der Waals surface area contributed by atoms with Crippen LogP contribution in [0.4, 0.5) is 13.2 Å². The van der Waals surface area contributed by atoms with Crippen LogP contribution in [0.3, 0.4) is 0 Å². The van der Waals surface area contributed by atoms with E-state index in [0.29, 0.717) is 4.88 Å². The van der Waals surface area contributed by atoms with Gasteiger partial charge in [0.25, 0.3) is 0 Å². The van der Waals surface area contributed by atoms with E-state index in [4.69, 9.17) is 0 Å². The molecule has 0 aromatic carbocycles. The molecule has 0 fully saturated rings. The standard InChI is InChI=1S/C7H3F3N2OS/c8-7(9,10)6-11-5(12-13-6)4-2-1-3-14-4/h1-3H. The number of halogens is 3. The molecule has 2 heterocycles. The lowest BCUT2D eigenvalue weighted by atomic mass is 10.4. The molecule has 0 spiro atoms. The third kappa shape index (κ3) is 1.63. The minimum atomic E-state index is -4.58. The first-order valence-corrected chi connectivity index (χ1v) is 4.40. The largest absolute Gasteiger partial charge is 0.471 e. The first-order valence-electron chi connectivity index (χ1n) is 3.52. The molecule has 0 atom stereocenters. The van der Waals surface area contributed by atoms with Crippen LogP contribution in [0.15, 0.2) is 22.0 Å². The van der Waals surface area contributed by atoms with Crippen LogP contribution in [0.25, 0.3) is 10.7 Å². The van der Waals surface area contributed by atoms with Gasteiger partial charge in [0, 0.05) is 0 Å². The molecule has 2 rings (SSSR count). The smallest absolute Gasteiger partial charge is 0.329 e. The molecule has 74 valence electrons. The van der Waals surface area contributed by atoms with Crippen LogP contribution in [-0.4, -0.2) is 10.1 Å². The molecule has 0 N–H and O–H groups in total. The van der Waals surface area contributed by atoms with E-state index in [1.54, 1.807) is 17.5 Å². The molecule has 7 heteroatoms. The zero-order valence-corrected chi connectivity index (χ0v) is 7.39. The first-order chi connectivity index (χ1) is 6.57. The maximum Gasteiger partial charge on any atom is 0.471 e. The van der Waals surface area contributed by atoms with E-state index >= 15 is 0 Å². The van der Waals surface area contributed by atoms with Crippen molar-refractivity contribution in [2.24, 2.45) is 0 Å². The van der Waals surface area contributed by atoms with Crippen LogP contribution in [0.2, 0.25) is 0 Å². The van der Waals surface area contributed by atoms with Gasteiger partial charge >= 0.3 is 12.1 Å². The highest BCUT2D eigenvalue weighted by atomic mass is 32.1. The molecule has 0 aliphatic carbocycles. The van der Waals surface area contributed by atoms with Gasteiger partial charge in [-0.15, -0.1) is 11.3 Å². The van der Waals surface area contributed by atoms with E-state index in [2.05, 4.69) is 14.7 Å². The van der Waals surface area contributed by atoms with Crippen LogP contribution in [0, 0.1) is 0 Å². The van der Waals surface area contributed by atoms with Crippen molar-refractivity contribution in [2.75, 3.05) is 0 Å². The van der Waals surface area contributed by atoms with Crippen molar-refractivity contribution in [3.63, 3.8) is 0 Å². The predicted octanol–water partition coefficient (Wildman–Crippen LogP) is 2.82. The van der Waals surface area contributed by atoms with E-state index in [1.807, 2.05) is 0 Å². The third-order valence-corrected chi connectivity index (χ3v) is 2.28. The molecule has 0 saturated heterocycles. The summed E-state index contributed by atoms with van der Waals surface area (Å²) in [7, 11) is 0. The molecule has 0 aliphatic heterocycles. The van der Waals surface area contributed by atoms with E-state index < -0.39 is 12.1 Å². The van der Waals surface area contributed by atoms with Gasteiger partial charge in [-0.25, -0.2) is 0 Å². The predicted molar refractivity (Wildman–Crippen MR) is 42.6 cm³/mol. The third-order valence-electron chi connectivity index (χ3n) is 1.41. The van der Waals surface area contributed by atoms with Gasteiger partial charge in [0.15, 0.2) is 0 Å². The lowest BCUT2D eigenvalue weighted by Gasteiger charge is -1.95. The molecule has 2 aromatic rings. The maximum absolute atomic E-state index is 12.1. The highest BCUT2D eigenvalue weighted by molar-refractivity contribution is 7.13. The Balaban J connectivity index is 2.36. The summed E-state index contributed by atoms with van der Waals surface area (Å²) in [6.07, 6.45) is -4.58. The summed E-state index contributed by atoms with van der Waals surface area (Å²) in [6.45, 7) is 0. The zero-order chi connectivity index (χ0) is 10.2. The summed E-state index contributed by atoms with van der Waals surface area (Å²) in [4.78, 5) is 3.78. The average molecular weight is 220 g/mol. The fourth-order valence-corrected chi connectivity index (χ4v) is 1.49. The lowest BCUT2D eigenvalue weighted by Crippen LogP contribution is -2.04. The van der Waals surface area contributed by atoms with Gasteiger partial charge in [-0.05, 0) is 11.4 Å². The van der Waals surface area contributed by atoms with Crippen molar-refractivity contribution in [1.29, 1.82) is 0 Å². The molecule has 0 aliphatic rings. The van der Waals surface area contributed by atoms with Crippen molar-refractivity contribution in [3.8, 4) is 10.7 Å². The summed E-state index contributed by atoms with van der Waals surface area (Å²) in [5.74, 6) is -1.35. The Morgan fingerprint density at radius 3 is 2.64 bits per heavy atom. The number of nitrogens with zero attached hydrogens (tertiary/aromatic N) is 2. The van der Waals surface area contributed by atoms with E-state index in [9.17, 15) is 13.2 Å². The molecule has 0 amide bonds. The number of thiophene rings is 1. The average Bonchev–Trinajstić information content (AvgIpc) is 2.73. The van der Waals surface area contributed by atoms with Gasteiger partial charge in [0.05, 0.1) is 4.88 Å². The minimum Gasteiger partial charge on any atom is -0.329 e. The topological polar surface area (TPSA) is 38.9 Å². The highest BCUT2D eigenvalue weighted by Gasteiger charge is 2.38. The van der Waals surface area contributed by atoms with Crippen molar-refractivity contribution in [3.05, 3.63) is 23.4 Å². The normalized spacial score (nSPS) is 11.9. The number of hydrogen-bond donors (Lipinski definition) is 0. The van der Waals surface area contributed by atoms with Gasteiger partial charge in [0.2, 0.25) is 5.82 Å². The Labute approximate surface area is 80.2 Å². The fraction of sp³-hybridized carbons (Fsp3) is 0.143. The van der Waals surface area contributed by atoms with Crippen molar-refractivity contribution < 1.29 is 17.7 Å². The second kappa shape index (κ2) is 3.09. The molecular weight excluding hydrogens is 217 g/mol. The maximum atomic E-state index is 12.1. The summed E-state index contributed by atoms with van der Waals surface area (Å²) < 4.78 is 40.2. The molecule has 3 nitrogen and oxygen atoms in total. The summed E-state index contributed by atoms with van der Waals surface area (Å²) in [5.41, 5.74) is 0. The van der Waals surface area contributed by atoms with Gasteiger partial charge in [-0.2, -0.15) is 18.2 Å². The Morgan fingerprint density at radius 2 is 2.14 bits per heavy atom. The summed E-state index contributed by atoms with van der Waals surface area (Å²) in [5, 5.41) is 4.95. The van der Waals surface area contributed by atoms with Crippen LogP contribution in [0.1, 0.15) is 5.89 Å². The quantitative estimate of drug-likeness (QED) is 0.741. The summed E-state index contributed by atoms with van der Waals surface area (Å²) >= 11 is 1.25. The molecule has 0 saturated carbocycles. The minimum absolute atomic E-state index is 0.0349. The Bertz CT molecular complexity index is 420. The van der Waals surface area contributed by atoms with Gasteiger partial charge in [0.1, 0.15) is 0 Å². The van der Waals surface area contributed by atoms with Crippen LogP contribution < -0.4 is 0 Å². The van der Waals surface area contributed by atoms with Crippen molar-refractivity contribution in [2.45, 2.75) is 6.18 Å². The SMILES string of the molecule is FC(F)(F)c1nc(-c2cccs2)no1. The number of alkyl halides is 3. The lowest BCUT2D eigenvalue weighted by molar-refractivity contribution is -0.159. The second-order valence-corrected chi connectivity index (χ2v) is 3.35. The van der Waals surface area contributed by atoms with E-state index in [-0.39, 0.29) is 5.82 Å². The van der Waals surface area contributed by atoms with Crippen molar-refractivity contribution in [1.82, 2.24) is 10.1 Å². The fourth-order valence-electron chi connectivity index (χ4n) is 0.844. The summed E-state index contributed by atoms with van der Waals surface area (Å²) in [6, 6.07) is 3.32. The van der Waals surface area contributed by atoms with E-state index in [1.165, 1.54) is 11.3 Å². The van der Waals surface area contributed by atoms with Crippen molar-refractivity contribution >= 4 is 11.3 Å². The molecule has 0 bridgehead atoms. The molecule has 14 heavy (non-hydrogen) atoms. The van der Waals surface area contributed by atoms with Gasteiger partial charge in [-0.1, -0.05) is 11.2 Å².